The van der Waals surface area contributed by atoms with Crippen LogP contribution in [0.2, 0.25) is 10.0 Å². The van der Waals surface area contributed by atoms with E-state index in [2.05, 4.69) is 21.2 Å². The first kappa shape index (κ1) is 20.7. The van der Waals surface area contributed by atoms with Crippen molar-refractivity contribution in [3.8, 4) is 17.2 Å². The molecular formula is C18H18BrCl2NO4. The second-order valence-corrected chi connectivity index (χ2v) is 7.05. The Kier molecular flexibility index (Phi) is 7.03. The van der Waals surface area contributed by atoms with Crippen LogP contribution in [0.4, 0.5) is 5.69 Å². The third-order valence-electron chi connectivity index (χ3n) is 3.68. The number of methoxy groups -OCH3 is 2. The Hall–Kier alpha value is -1.63. The van der Waals surface area contributed by atoms with E-state index in [4.69, 9.17) is 37.4 Å². The van der Waals surface area contributed by atoms with Gasteiger partial charge in [0.2, 0.25) is 0 Å². The summed E-state index contributed by atoms with van der Waals surface area (Å²) in [7, 11) is 2.98. The van der Waals surface area contributed by atoms with Crippen molar-refractivity contribution in [2.45, 2.75) is 13.8 Å². The van der Waals surface area contributed by atoms with Crippen LogP contribution in [-0.2, 0) is 4.79 Å². The fourth-order valence-corrected chi connectivity index (χ4v) is 3.21. The molecule has 0 radical (unpaired) electrons. The maximum atomic E-state index is 12.3. The first-order chi connectivity index (χ1) is 12.3. The second kappa shape index (κ2) is 8.84. The van der Waals surface area contributed by atoms with Gasteiger partial charge < -0.3 is 19.5 Å². The van der Waals surface area contributed by atoms with Crippen molar-refractivity contribution < 1.29 is 19.0 Å². The maximum absolute atomic E-state index is 12.3. The lowest BCUT2D eigenvalue weighted by molar-refractivity contribution is -0.118. The van der Waals surface area contributed by atoms with Crippen molar-refractivity contribution >= 4 is 50.7 Å². The lowest BCUT2D eigenvalue weighted by Gasteiger charge is -2.15. The maximum Gasteiger partial charge on any atom is 0.262 e. The highest BCUT2D eigenvalue weighted by Crippen LogP contribution is 2.37. The largest absolute Gasteiger partial charge is 0.495 e. The molecule has 1 amide bonds. The smallest absolute Gasteiger partial charge is 0.262 e. The molecule has 140 valence electrons. The average molecular weight is 463 g/mol. The first-order valence-corrected chi connectivity index (χ1v) is 9.12. The Bertz CT molecular complexity index is 843. The Balaban J connectivity index is 2.13. The number of anilines is 1. The summed E-state index contributed by atoms with van der Waals surface area (Å²) in [5.41, 5.74) is 2.16. The van der Waals surface area contributed by atoms with Crippen LogP contribution in [-0.4, -0.2) is 26.7 Å². The number of carbonyl (C=O) groups excluding carboxylic acids is 1. The molecule has 0 unspecified atom stereocenters. The molecule has 8 heteroatoms. The topological polar surface area (TPSA) is 56.8 Å². The van der Waals surface area contributed by atoms with E-state index in [1.807, 2.05) is 13.8 Å². The molecular weight excluding hydrogens is 445 g/mol. The van der Waals surface area contributed by atoms with Gasteiger partial charge in [0.15, 0.2) is 6.61 Å². The van der Waals surface area contributed by atoms with Crippen LogP contribution in [0.1, 0.15) is 11.1 Å². The van der Waals surface area contributed by atoms with Crippen molar-refractivity contribution in [1.29, 1.82) is 0 Å². The predicted molar refractivity (Wildman–Crippen MR) is 107 cm³/mol. The Morgan fingerprint density at radius 1 is 1.08 bits per heavy atom. The molecule has 1 N–H and O–H groups in total. The molecule has 0 aliphatic heterocycles. The lowest BCUT2D eigenvalue weighted by Crippen LogP contribution is -2.20. The van der Waals surface area contributed by atoms with Crippen LogP contribution in [0, 0.1) is 13.8 Å². The van der Waals surface area contributed by atoms with Crippen LogP contribution < -0.4 is 19.5 Å². The summed E-state index contributed by atoms with van der Waals surface area (Å²) in [6, 6.07) is 4.93. The van der Waals surface area contributed by atoms with Crippen molar-refractivity contribution in [1.82, 2.24) is 0 Å². The number of hydrogen-bond acceptors (Lipinski definition) is 4. The Morgan fingerprint density at radius 3 is 2.35 bits per heavy atom. The molecule has 0 fully saturated rings. The van der Waals surface area contributed by atoms with Crippen LogP contribution in [0.25, 0.3) is 0 Å². The molecule has 0 aliphatic rings. The summed E-state index contributed by atoms with van der Waals surface area (Å²) in [6.45, 7) is 3.56. The highest BCUT2D eigenvalue weighted by atomic mass is 79.9. The summed E-state index contributed by atoms with van der Waals surface area (Å²) in [4.78, 5) is 12.3. The van der Waals surface area contributed by atoms with Gasteiger partial charge in [-0.25, -0.2) is 0 Å². The SMILES string of the molecule is COc1cc(NC(=O)COc2cc(C)c(Cl)c(C)c2Br)c(OC)cc1Cl. The zero-order valence-corrected chi connectivity index (χ0v) is 17.8. The van der Waals surface area contributed by atoms with Crippen molar-refractivity contribution in [3.63, 3.8) is 0 Å². The average Bonchev–Trinajstić information content (AvgIpc) is 2.62. The molecule has 0 saturated carbocycles. The molecule has 0 spiro atoms. The van der Waals surface area contributed by atoms with Gasteiger partial charge >= 0.3 is 0 Å². The quantitative estimate of drug-likeness (QED) is 0.623. The first-order valence-electron chi connectivity index (χ1n) is 7.57. The molecule has 0 atom stereocenters. The molecule has 2 rings (SSSR count). The van der Waals surface area contributed by atoms with E-state index in [9.17, 15) is 4.79 Å². The molecule has 0 aromatic heterocycles. The summed E-state index contributed by atoms with van der Waals surface area (Å²) >= 11 is 15.7. The normalized spacial score (nSPS) is 10.4. The van der Waals surface area contributed by atoms with Gasteiger partial charge in [0.05, 0.1) is 29.4 Å². The van der Waals surface area contributed by atoms with E-state index >= 15 is 0 Å². The standard InChI is InChI=1S/C18H18BrCl2NO4/c1-9-5-15(17(19)10(2)18(9)21)26-8-16(23)22-12-7-13(24-3)11(20)6-14(12)25-4/h5-7H,8H2,1-4H3,(H,22,23). The highest BCUT2D eigenvalue weighted by Gasteiger charge is 2.15. The minimum absolute atomic E-state index is 0.187. The van der Waals surface area contributed by atoms with E-state index in [-0.39, 0.29) is 12.5 Å². The zero-order valence-electron chi connectivity index (χ0n) is 14.7. The summed E-state index contributed by atoms with van der Waals surface area (Å²) < 4.78 is 16.7. The van der Waals surface area contributed by atoms with Crippen LogP contribution in [0.15, 0.2) is 22.7 Å². The van der Waals surface area contributed by atoms with E-state index in [0.29, 0.717) is 37.5 Å². The van der Waals surface area contributed by atoms with Gasteiger partial charge in [-0.2, -0.15) is 0 Å². The number of rotatable bonds is 6. The number of ether oxygens (including phenoxy) is 3. The van der Waals surface area contributed by atoms with Crippen LogP contribution in [0.3, 0.4) is 0 Å². The van der Waals surface area contributed by atoms with Gasteiger partial charge in [-0.3, -0.25) is 4.79 Å². The number of nitrogens with one attached hydrogen (secondary N) is 1. The van der Waals surface area contributed by atoms with Gasteiger partial charge in [-0.15, -0.1) is 0 Å². The zero-order chi connectivity index (χ0) is 19.4. The molecule has 0 aliphatic carbocycles. The lowest BCUT2D eigenvalue weighted by atomic mass is 10.1. The molecule has 5 nitrogen and oxygen atoms in total. The predicted octanol–water partition coefficient (Wildman–Crippen LogP) is 5.41. The van der Waals surface area contributed by atoms with Crippen LogP contribution >= 0.6 is 39.1 Å². The van der Waals surface area contributed by atoms with Gasteiger partial charge in [-0.05, 0) is 47.0 Å². The number of halogens is 3. The molecule has 0 bridgehead atoms. The fraction of sp³-hybridized carbons (Fsp3) is 0.278. The number of hydrogen-bond donors (Lipinski definition) is 1. The van der Waals surface area contributed by atoms with Crippen molar-refractivity contribution in [3.05, 3.63) is 43.8 Å². The highest BCUT2D eigenvalue weighted by molar-refractivity contribution is 9.10. The summed E-state index contributed by atoms with van der Waals surface area (Å²) in [6.07, 6.45) is 0. The summed E-state index contributed by atoms with van der Waals surface area (Å²) in [5, 5.41) is 3.77. The van der Waals surface area contributed by atoms with Crippen molar-refractivity contribution in [2.24, 2.45) is 0 Å². The third kappa shape index (κ3) is 4.55. The minimum atomic E-state index is -0.357. The molecule has 0 heterocycles. The molecule has 0 saturated heterocycles. The number of benzene rings is 2. The van der Waals surface area contributed by atoms with E-state index < -0.39 is 0 Å². The molecule has 2 aromatic rings. The molecule has 2 aromatic carbocycles. The number of amides is 1. The van der Waals surface area contributed by atoms with E-state index in [1.54, 1.807) is 18.2 Å². The van der Waals surface area contributed by atoms with Crippen molar-refractivity contribution in [2.75, 3.05) is 26.1 Å². The van der Waals surface area contributed by atoms with Crippen LogP contribution in [0.5, 0.6) is 17.2 Å². The fourth-order valence-electron chi connectivity index (χ4n) is 2.29. The monoisotopic (exact) mass is 461 g/mol. The van der Waals surface area contributed by atoms with E-state index in [0.717, 1.165) is 11.1 Å². The Morgan fingerprint density at radius 2 is 1.73 bits per heavy atom. The number of aryl methyl sites for hydroxylation is 1. The van der Waals surface area contributed by atoms with E-state index in [1.165, 1.54) is 14.2 Å². The van der Waals surface area contributed by atoms with Gasteiger partial charge in [-0.1, -0.05) is 23.2 Å². The second-order valence-electron chi connectivity index (χ2n) is 5.47. The summed E-state index contributed by atoms with van der Waals surface area (Å²) in [5.74, 6) is 1.03. The molecule has 26 heavy (non-hydrogen) atoms. The third-order valence-corrected chi connectivity index (χ3v) is 5.54. The van der Waals surface area contributed by atoms with Gasteiger partial charge in [0.25, 0.3) is 5.91 Å². The minimum Gasteiger partial charge on any atom is -0.495 e. The van der Waals surface area contributed by atoms with Gasteiger partial charge in [0.1, 0.15) is 17.2 Å². The Labute approximate surface area is 170 Å². The van der Waals surface area contributed by atoms with Gasteiger partial charge in [0, 0.05) is 17.2 Å². The number of carbonyl (C=O) groups is 1.